The van der Waals surface area contributed by atoms with Gasteiger partial charge < -0.3 is 8.97 Å². The zero-order valence-electron chi connectivity index (χ0n) is 9.21. The summed E-state index contributed by atoms with van der Waals surface area (Å²) in [7, 11) is 2.40. The molecule has 0 aromatic carbocycles. The Bertz CT molecular complexity index is 212. The number of piperazine rings is 3. The molecule has 3 saturated heterocycles. The molecule has 0 unspecified atom stereocenters. The summed E-state index contributed by atoms with van der Waals surface area (Å²) < 4.78 is 2.64. The van der Waals surface area contributed by atoms with Gasteiger partial charge >= 0.3 is 0 Å². The zero-order chi connectivity index (χ0) is 10.1. The van der Waals surface area contributed by atoms with E-state index in [0.29, 0.717) is 0 Å². The third kappa shape index (κ3) is 1.77. The predicted molar refractivity (Wildman–Crippen MR) is 56.6 cm³/mol. The first-order valence-electron chi connectivity index (χ1n) is 5.64. The lowest BCUT2D eigenvalue weighted by Gasteiger charge is -2.53. The van der Waals surface area contributed by atoms with Crippen molar-refractivity contribution in [1.82, 2.24) is 0 Å². The lowest BCUT2D eigenvalue weighted by Crippen LogP contribution is -2.79. The van der Waals surface area contributed by atoms with E-state index in [1.807, 2.05) is 0 Å². The van der Waals surface area contributed by atoms with E-state index in [9.17, 15) is 0 Å². The Kier molecular flexibility index (Phi) is 2.49. The van der Waals surface area contributed by atoms with Gasteiger partial charge in [0.15, 0.2) is 0 Å². The molecule has 0 amide bonds. The van der Waals surface area contributed by atoms with Crippen LogP contribution in [0.2, 0.25) is 0 Å². The SMILES string of the molecule is C[N+]12CC[N+](CC[NH+]=CN)(CC1)CC2. The summed E-state index contributed by atoms with van der Waals surface area (Å²) in [5.41, 5.74) is 5.31. The largest absolute Gasteiger partial charge is 0.312 e. The van der Waals surface area contributed by atoms with Gasteiger partial charge in [-0.05, 0) is 0 Å². The number of quaternary nitrogens is 2. The number of nitrogens with two attached hydrogens (primary N) is 1. The Labute approximate surface area is 86.2 Å². The number of hydrogen-bond acceptors (Lipinski definition) is 0. The Morgan fingerprint density at radius 3 is 2.21 bits per heavy atom. The van der Waals surface area contributed by atoms with Crippen molar-refractivity contribution in [3.8, 4) is 0 Å². The molecule has 0 aliphatic carbocycles. The highest BCUT2D eigenvalue weighted by Crippen LogP contribution is 2.23. The fraction of sp³-hybridized carbons (Fsp3) is 0.900. The van der Waals surface area contributed by atoms with E-state index >= 15 is 0 Å². The van der Waals surface area contributed by atoms with Gasteiger partial charge in [0.2, 0.25) is 6.34 Å². The summed E-state index contributed by atoms with van der Waals surface area (Å²) in [5, 5.41) is 0. The minimum absolute atomic E-state index is 1.03. The molecule has 0 saturated carbocycles. The van der Waals surface area contributed by atoms with Crippen LogP contribution in [0.3, 0.4) is 0 Å². The van der Waals surface area contributed by atoms with E-state index in [1.54, 1.807) is 6.34 Å². The van der Waals surface area contributed by atoms with Crippen molar-refractivity contribution >= 4 is 6.34 Å². The van der Waals surface area contributed by atoms with Crippen LogP contribution >= 0.6 is 0 Å². The number of likely N-dealkylation sites (N-methyl/N-ethyl adjacent to an activating group) is 1. The summed E-state index contributed by atoms with van der Waals surface area (Å²) >= 11 is 0. The van der Waals surface area contributed by atoms with E-state index in [1.165, 1.54) is 54.8 Å². The zero-order valence-corrected chi connectivity index (χ0v) is 9.21. The van der Waals surface area contributed by atoms with Crippen molar-refractivity contribution < 1.29 is 14.0 Å². The average molecular weight is 199 g/mol. The molecule has 14 heavy (non-hydrogen) atoms. The first-order chi connectivity index (χ1) is 6.68. The molecule has 4 nitrogen and oxygen atoms in total. The fourth-order valence-corrected chi connectivity index (χ4v) is 2.75. The second-order valence-electron chi connectivity index (χ2n) is 5.15. The maximum atomic E-state index is 5.31. The maximum Gasteiger partial charge on any atom is 0.227 e. The van der Waals surface area contributed by atoms with Crippen LogP contribution in [0.4, 0.5) is 0 Å². The molecule has 3 rings (SSSR count). The fourth-order valence-electron chi connectivity index (χ4n) is 2.75. The summed E-state index contributed by atoms with van der Waals surface area (Å²) in [6, 6.07) is 0. The topological polar surface area (TPSA) is 40.0 Å². The normalized spacial score (nSPS) is 42.1. The molecule has 3 aliphatic rings. The van der Waals surface area contributed by atoms with Gasteiger partial charge in [0.25, 0.3) is 0 Å². The Balaban J connectivity index is 1.91. The van der Waals surface area contributed by atoms with Crippen LogP contribution in [0, 0.1) is 0 Å². The molecule has 3 N–H and O–H groups in total. The molecule has 0 aromatic heterocycles. The highest BCUT2D eigenvalue weighted by Gasteiger charge is 2.46. The molecule has 0 spiro atoms. The third-order valence-corrected chi connectivity index (χ3v) is 4.19. The van der Waals surface area contributed by atoms with E-state index < -0.39 is 0 Å². The molecule has 3 fully saturated rings. The Morgan fingerprint density at radius 2 is 1.71 bits per heavy atom. The minimum Gasteiger partial charge on any atom is -0.312 e. The second kappa shape index (κ2) is 3.51. The van der Waals surface area contributed by atoms with Crippen LogP contribution in [0.5, 0.6) is 0 Å². The maximum absolute atomic E-state index is 5.31. The summed E-state index contributed by atoms with van der Waals surface area (Å²) in [5.74, 6) is 0. The molecular formula is C10H23N4+3. The molecule has 4 heteroatoms. The first-order valence-corrected chi connectivity index (χ1v) is 5.64. The molecule has 0 radical (unpaired) electrons. The third-order valence-electron chi connectivity index (χ3n) is 4.19. The van der Waals surface area contributed by atoms with Gasteiger partial charge in [-0.3, -0.25) is 10.7 Å². The molecule has 80 valence electrons. The van der Waals surface area contributed by atoms with Gasteiger partial charge in [-0.2, -0.15) is 0 Å². The van der Waals surface area contributed by atoms with Gasteiger partial charge in [-0.25, -0.2) is 0 Å². The van der Waals surface area contributed by atoms with Gasteiger partial charge in [0.1, 0.15) is 52.4 Å². The number of rotatable bonds is 3. The molecule has 0 atom stereocenters. The molecule has 3 heterocycles. The van der Waals surface area contributed by atoms with Gasteiger partial charge in [-0.1, -0.05) is 0 Å². The highest BCUT2D eigenvalue weighted by atomic mass is 15.5. The van der Waals surface area contributed by atoms with Crippen LogP contribution in [0.15, 0.2) is 0 Å². The minimum atomic E-state index is 1.03. The first kappa shape index (κ1) is 9.93. The van der Waals surface area contributed by atoms with Crippen LogP contribution < -0.4 is 10.7 Å². The van der Waals surface area contributed by atoms with E-state index in [4.69, 9.17) is 5.73 Å². The monoisotopic (exact) mass is 199 g/mol. The molecule has 2 bridgehead atoms. The molecule has 0 aromatic rings. The van der Waals surface area contributed by atoms with Crippen molar-refractivity contribution in [3.63, 3.8) is 0 Å². The standard InChI is InChI=1S/C10H22N4/c1-13-4-7-14(8-5-13,9-6-13)3-2-12-10-11/h10H,2-9H2,1H3,(H2,11,12)/q+2/p+1. The number of fused-ring (bicyclic) bond motifs is 3. The van der Waals surface area contributed by atoms with Crippen molar-refractivity contribution in [3.05, 3.63) is 0 Å². The average Bonchev–Trinajstić information content (AvgIpc) is 2.21. The van der Waals surface area contributed by atoms with Crippen molar-refractivity contribution in [1.29, 1.82) is 0 Å². The molecular weight excluding hydrogens is 176 g/mol. The lowest BCUT2D eigenvalue weighted by atomic mass is 10.1. The van der Waals surface area contributed by atoms with Crippen LogP contribution in [-0.2, 0) is 0 Å². The summed E-state index contributed by atoms with van der Waals surface area (Å²) in [4.78, 5) is 3.11. The van der Waals surface area contributed by atoms with Gasteiger partial charge in [0.05, 0.1) is 7.05 Å². The summed E-state index contributed by atoms with van der Waals surface area (Å²) in [6.45, 7) is 10.5. The highest BCUT2D eigenvalue weighted by molar-refractivity contribution is 5.42. The number of nitrogens with one attached hydrogen (secondary N) is 1. The van der Waals surface area contributed by atoms with Crippen LogP contribution in [0.25, 0.3) is 0 Å². The van der Waals surface area contributed by atoms with E-state index in [0.717, 1.165) is 6.54 Å². The second-order valence-corrected chi connectivity index (χ2v) is 5.15. The van der Waals surface area contributed by atoms with Gasteiger partial charge in [-0.15, -0.1) is 0 Å². The van der Waals surface area contributed by atoms with Crippen LogP contribution in [-0.4, -0.2) is 74.7 Å². The van der Waals surface area contributed by atoms with Gasteiger partial charge in [0, 0.05) is 0 Å². The summed E-state index contributed by atoms with van der Waals surface area (Å²) in [6.07, 6.45) is 1.56. The quantitative estimate of drug-likeness (QED) is 0.291. The van der Waals surface area contributed by atoms with E-state index in [2.05, 4.69) is 12.0 Å². The lowest BCUT2D eigenvalue weighted by molar-refractivity contribution is -1.07. The van der Waals surface area contributed by atoms with Crippen LogP contribution in [0.1, 0.15) is 0 Å². The number of nitrogens with zero attached hydrogens (tertiary/aromatic N) is 2. The molecule has 3 aliphatic heterocycles. The van der Waals surface area contributed by atoms with Crippen molar-refractivity contribution in [2.75, 3.05) is 59.4 Å². The van der Waals surface area contributed by atoms with E-state index in [-0.39, 0.29) is 0 Å². The van der Waals surface area contributed by atoms with Crippen molar-refractivity contribution in [2.45, 2.75) is 0 Å². The van der Waals surface area contributed by atoms with Crippen molar-refractivity contribution in [2.24, 2.45) is 5.73 Å². The Morgan fingerprint density at radius 1 is 1.14 bits per heavy atom. The Hall–Kier alpha value is -0.610. The smallest absolute Gasteiger partial charge is 0.227 e. The predicted octanol–water partition coefficient (Wildman–Crippen LogP) is -2.66. The number of hydrogen-bond donors (Lipinski definition) is 2.